The zero-order valence-corrected chi connectivity index (χ0v) is 14.6. The first-order chi connectivity index (χ1) is 12.0. The van der Waals surface area contributed by atoms with Crippen LogP contribution >= 0.6 is 23.4 Å². The number of pyridine rings is 1. The van der Waals surface area contributed by atoms with Gasteiger partial charge in [0.25, 0.3) is 5.22 Å². The summed E-state index contributed by atoms with van der Waals surface area (Å²) in [7, 11) is 0. The molecule has 0 aliphatic heterocycles. The highest BCUT2D eigenvalue weighted by Gasteiger charge is 2.18. The maximum absolute atomic E-state index is 13.0. The van der Waals surface area contributed by atoms with E-state index < -0.39 is 5.25 Å². The molecule has 3 aromatic rings. The lowest BCUT2D eigenvalue weighted by Crippen LogP contribution is -2.22. The number of hydrogen-bond donors (Lipinski definition) is 1. The summed E-state index contributed by atoms with van der Waals surface area (Å²) >= 11 is 6.93. The van der Waals surface area contributed by atoms with Crippen molar-refractivity contribution in [2.75, 3.05) is 5.32 Å². The minimum Gasteiger partial charge on any atom is -0.431 e. The van der Waals surface area contributed by atoms with E-state index in [0.29, 0.717) is 27.4 Å². The molecule has 0 saturated heterocycles. The fourth-order valence-corrected chi connectivity index (χ4v) is 2.77. The highest BCUT2D eigenvalue weighted by atomic mass is 35.5. The molecule has 0 fully saturated rings. The van der Waals surface area contributed by atoms with Crippen molar-refractivity contribution in [2.24, 2.45) is 0 Å². The molecule has 2 heterocycles. The van der Waals surface area contributed by atoms with E-state index in [2.05, 4.69) is 15.3 Å². The van der Waals surface area contributed by atoms with Gasteiger partial charge in [-0.1, -0.05) is 23.4 Å². The fraction of sp³-hybridized carbons (Fsp3) is 0.118. The van der Waals surface area contributed by atoms with Crippen LogP contribution in [0.3, 0.4) is 0 Å². The lowest BCUT2D eigenvalue weighted by molar-refractivity contribution is -0.115. The molecule has 0 aliphatic carbocycles. The molecule has 1 N–H and O–H groups in total. The maximum atomic E-state index is 13.0. The summed E-state index contributed by atoms with van der Waals surface area (Å²) in [5, 5.41) is 3.09. The molecule has 8 heteroatoms. The number of benzene rings is 1. The van der Waals surface area contributed by atoms with Crippen LogP contribution in [-0.2, 0) is 4.79 Å². The van der Waals surface area contributed by atoms with Crippen molar-refractivity contribution in [2.45, 2.75) is 17.4 Å². The van der Waals surface area contributed by atoms with Gasteiger partial charge in [-0.25, -0.2) is 14.4 Å². The van der Waals surface area contributed by atoms with Crippen LogP contribution in [0.2, 0.25) is 5.02 Å². The molecule has 25 heavy (non-hydrogen) atoms. The van der Waals surface area contributed by atoms with Gasteiger partial charge in [0, 0.05) is 11.8 Å². The molecular formula is C17H13ClFN3O2S. The lowest BCUT2D eigenvalue weighted by Gasteiger charge is -2.09. The Morgan fingerprint density at radius 2 is 1.96 bits per heavy atom. The molecule has 0 saturated carbocycles. The SMILES string of the molecule is C[C@H](Sc1ncc(-c2ccc(F)cc2)o1)C(=O)Nc1ccc(Cl)cn1. The minimum atomic E-state index is -0.447. The second-order valence-electron chi connectivity index (χ2n) is 5.11. The van der Waals surface area contributed by atoms with Crippen LogP contribution in [0.1, 0.15) is 6.92 Å². The number of carbonyl (C=O) groups is 1. The first-order valence-corrected chi connectivity index (χ1v) is 8.58. The molecule has 1 aromatic carbocycles. The summed E-state index contributed by atoms with van der Waals surface area (Å²) < 4.78 is 18.6. The second-order valence-corrected chi connectivity index (χ2v) is 6.84. The molecular weight excluding hydrogens is 365 g/mol. The molecule has 1 amide bonds. The topological polar surface area (TPSA) is 68.0 Å². The smallest absolute Gasteiger partial charge is 0.256 e. The first kappa shape index (κ1) is 17.4. The van der Waals surface area contributed by atoms with Gasteiger partial charge in [-0.15, -0.1) is 0 Å². The standard InChI is InChI=1S/C17H13ClFN3O2S/c1-10(16(23)22-15-7-4-12(18)8-20-15)25-17-21-9-14(24-17)11-2-5-13(19)6-3-11/h2-10H,1H3,(H,20,22,23)/t10-/m0/s1. The van der Waals surface area contributed by atoms with Crippen LogP contribution in [0, 0.1) is 5.82 Å². The normalized spacial score (nSPS) is 12.0. The number of aromatic nitrogens is 2. The van der Waals surface area contributed by atoms with Crippen LogP contribution in [0.4, 0.5) is 10.2 Å². The van der Waals surface area contributed by atoms with Crippen LogP contribution in [0.15, 0.2) is 58.4 Å². The number of rotatable bonds is 5. The van der Waals surface area contributed by atoms with Crippen LogP contribution in [0.5, 0.6) is 0 Å². The largest absolute Gasteiger partial charge is 0.431 e. The van der Waals surface area contributed by atoms with Gasteiger partial charge in [-0.2, -0.15) is 0 Å². The highest BCUT2D eigenvalue weighted by molar-refractivity contribution is 8.00. The van der Waals surface area contributed by atoms with Crippen molar-refractivity contribution in [3.8, 4) is 11.3 Å². The average Bonchev–Trinajstić information content (AvgIpc) is 3.06. The third kappa shape index (κ3) is 4.58. The Kier molecular flexibility index (Phi) is 5.35. The Bertz CT molecular complexity index is 868. The van der Waals surface area contributed by atoms with Gasteiger partial charge >= 0.3 is 0 Å². The van der Waals surface area contributed by atoms with E-state index in [1.54, 1.807) is 37.4 Å². The van der Waals surface area contributed by atoms with E-state index in [4.69, 9.17) is 16.0 Å². The molecule has 3 rings (SSSR count). The van der Waals surface area contributed by atoms with E-state index in [0.717, 1.165) is 0 Å². The maximum Gasteiger partial charge on any atom is 0.256 e. The molecule has 0 unspecified atom stereocenters. The summed E-state index contributed by atoms with van der Waals surface area (Å²) in [4.78, 5) is 20.4. The third-order valence-corrected chi connectivity index (χ3v) is 4.42. The summed E-state index contributed by atoms with van der Waals surface area (Å²) in [5.41, 5.74) is 0.711. The number of halogens is 2. The number of hydrogen-bond acceptors (Lipinski definition) is 5. The Morgan fingerprint density at radius 1 is 1.20 bits per heavy atom. The number of thioether (sulfide) groups is 1. The van der Waals surface area contributed by atoms with E-state index >= 15 is 0 Å². The van der Waals surface area contributed by atoms with Crippen molar-refractivity contribution < 1.29 is 13.6 Å². The minimum absolute atomic E-state index is 0.235. The van der Waals surface area contributed by atoms with Crippen LogP contribution in [-0.4, -0.2) is 21.1 Å². The summed E-state index contributed by atoms with van der Waals surface area (Å²) in [6.07, 6.45) is 3.00. The molecule has 0 bridgehead atoms. The summed E-state index contributed by atoms with van der Waals surface area (Å²) in [5.74, 6) is 0.371. The van der Waals surface area contributed by atoms with E-state index in [9.17, 15) is 9.18 Å². The zero-order valence-electron chi connectivity index (χ0n) is 13.1. The molecule has 128 valence electrons. The van der Waals surface area contributed by atoms with Crippen molar-refractivity contribution in [1.29, 1.82) is 0 Å². The van der Waals surface area contributed by atoms with Crippen molar-refractivity contribution >= 4 is 35.1 Å². The summed E-state index contributed by atoms with van der Waals surface area (Å²) in [6.45, 7) is 1.73. The molecule has 1 atom stereocenters. The number of anilines is 1. The summed E-state index contributed by atoms with van der Waals surface area (Å²) in [6, 6.07) is 9.17. The molecule has 0 aliphatic rings. The van der Waals surface area contributed by atoms with E-state index in [-0.39, 0.29) is 11.7 Å². The van der Waals surface area contributed by atoms with Gasteiger partial charge in [0.2, 0.25) is 5.91 Å². The zero-order chi connectivity index (χ0) is 17.8. The van der Waals surface area contributed by atoms with Gasteiger partial charge < -0.3 is 9.73 Å². The quantitative estimate of drug-likeness (QED) is 0.655. The van der Waals surface area contributed by atoms with Gasteiger partial charge in [0.1, 0.15) is 11.6 Å². The third-order valence-electron chi connectivity index (χ3n) is 3.24. The van der Waals surface area contributed by atoms with Crippen molar-refractivity contribution in [3.63, 3.8) is 0 Å². The number of nitrogens with one attached hydrogen (secondary N) is 1. The number of nitrogens with zero attached hydrogens (tertiary/aromatic N) is 2. The highest BCUT2D eigenvalue weighted by Crippen LogP contribution is 2.28. The van der Waals surface area contributed by atoms with Gasteiger partial charge in [0.05, 0.1) is 16.5 Å². The molecule has 0 radical (unpaired) electrons. The number of amides is 1. The average molecular weight is 378 g/mol. The van der Waals surface area contributed by atoms with Crippen LogP contribution in [0.25, 0.3) is 11.3 Å². The van der Waals surface area contributed by atoms with Crippen LogP contribution < -0.4 is 5.32 Å². The van der Waals surface area contributed by atoms with Gasteiger partial charge in [-0.3, -0.25) is 4.79 Å². The Morgan fingerprint density at radius 3 is 2.64 bits per heavy atom. The fourth-order valence-electron chi connectivity index (χ4n) is 1.94. The molecule has 2 aromatic heterocycles. The number of oxazole rings is 1. The van der Waals surface area contributed by atoms with Crippen molar-refractivity contribution in [3.05, 3.63) is 59.6 Å². The monoisotopic (exact) mass is 377 g/mol. The predicted molar refractivity (Wildman–Crippen MR) is 95.1 cm³/mol. The first-order valence-electron chi connectivity index (χ1n) is 7.32. The van der Waals surface area contributed by atoms with Crippen molar-refractivity contribution in [1.82, 2.24) is 9.97 Å². The predicted octanol–water partition coefficient (Wildman–Crippen LogP) is 4.65. The Balaban J connectivity index is 1.62. The number of carbonyl (C=O) groups excluding carboxylic acids is 1. The lowest BCUT2D eigenvalue weighted by atomic mass is 10.2. The van der Waals surface area contributed by atoms with Gasteiger partial charge in [-0.05, 0) is 43.3 Å². The van der Waals surface area contributed by atoms with E-state index in [1.165, 1.54) is 30.1 Å². The molecule has 0 spiro atoms. The Labute approximate surface area is 152 Å². The molecule has 5 nitrogen and oxygen atoms in total. The van der Waals surface area contributed by atoms with Gasteiger partial charge in [0.15, 0.2) is 5.76 Å². The Hall–Kier alpha value is -2.38. The second kappa shape index (κ2) is 7.67. The van der Waals surface area contributed by atoms with E-state index in [1.807, 2.05) is 0 Å².